The molecule has 1 N–H and O–H groups in total. The van der Waals surface area contributed by atoms with Crippen LogP contribution >= 0.6 is 0 Å². The van der Waals surface area contributed by atoms with E-state index in [4.69, 9.17) is 0 Å². The van der Waals surface area contributed by atoms with Crippen LogP contribution < -0.4 is 5.32 Å². The fourth-order valence-electron chi connectivity index (χ4n) is 2.54. The third kappa shape index (κ3) is 3.94. The zero-order valence-electron chi connectivity index (χ0n) is 13.7. The smallest absolute Gasteiger partial charge is 0.0608 e. The largest absolute Gasteiger partial charge is 0.306 e. The minimum Gasteiger partial charge on any atom is -0.306 e. The molecule has 2 rings (SSSR count). The van der Waals surface area contributed by atoms with E-state index in [2.05, 4.69) is 62.5 Å². The first kappa shape index (κ1) is 15.8. The molecule has 0 aliphatic carbocycles. The molecule has 0 spiro atoms. The van der Waals surface area contributed by atoms with Crippen molar-refractivity contribution < 1.29 is 0 Å². The molecule has 0 saturated heterocycles. The summed E-state index contributed by atoms with van der Waals surface area (Å²) in [6, 6.07) is 6.96. The van der Waals surface area contributed by atoms with Crippen molar-refractivity contribution in [1.82, 2.24) is 15.1 Å². The van der Waals surface area contributed by atoms with Gasteiger partial charge in [0, 0.05) is 18.3 Å². The number of rotatable bonds is 7. The third-order valence-corrected chi connectivity index (χ3v) is 3.90. The van der Waals surface area contributed by atoms with Gasteiger partial charge in [0.1, 0.15) is 0 Å². The zero-order chi connectivity index (χ0) is 15.2. The molecular formula is C18H27N3. The van der Waals surface area contributed by atoms with Gasteiger partial charge in [-0.25, -0.2) is 0 Å². The summed E-state index contributed by atoms with van der Waals surface area (Å²) in [5.74, 6) is 0. The van der Waals surface area contributed by atoms with Crippen LogP contribution in [0.5, 0.6) is 0 Å². The Balaban J connectivity index is 2.29. The van der Waals surface area contributed by atoms with Crippen LogP contribution in [0.1, 0.15) is 55.0 Å². The van der Waals surface area contributed by atoms with Crippen molar-refractivity contribution in [1.29, 1.82) is 0 Å². The lowest BCUT2D eigenvalue weighted by molar-refractivity contribution is 0.588. The second-order valence-electron chi connectivity index (χ2n) is 5.77. The van der Waals surface area contributed by atoms with Crippen molar-refractivity contribution in [3.05, 3.63) is 52.8 Å². The summed E-state index contributed by atoms with van der Waals surface area (Å²) < 4.78 is 2.04. The predicted molar refractivity (Wildman–Crippen MR) is 88.6 cm³/mol. The summed E-state index contributed by atoms with van der Waals surface area (Å²) in [5, 5.41) is 8.13. The molecule has 3 nitrogen and oxygen atoms in total. The Hall–Kier alpha value is -1.61. The maximum absolute atomic E-state index is 4.48. The quantitative estimate of drug-likeness (QED) is 0.833. The fourth-order valence-corrected chi connectivity index (χ4v) is 2.54. The van der Waals surface area contributed by atoms with Crippen LogP contribution in [0, 0.1) is 13.8 Å². The van der Waals surface area contributed by atoms with Crippen LogP contribution in [0.25, 0.3) is 0 Å². The number of aryl methyl sites for hydroxylation is 3. The molecule has 0 bridgehead atoms. The molecule has 2 aromatic rings. The Bertz CT molecular complexity index is 572. The summed E-state index contributed by atoms with van der Waals surface area (Å²) in [6.07, 6.45) is 6.41. The normalized spacial score (nSPS) is 12.6. The first-order chi connectivity index (χ1) is 10.2. The van der Waals surface area contributed by atoms with E-state index >= 15 is 0 Å². The first-order valence-corrected chi connectivity index (χ1v) is 7.98. The zero-order valence-corrected chi connectivity index (χ0v) is 13.7. The molecular weight excluding hydrogens is 258 g/mol. The SMILES string of the molecule is CCCNC(c1ccc(C)c(C)c1)c1cnn(CCC)c1. The van der Waals surface area contributed by atoms with Crippen molar-refractivity contribution in [2.24, 2.45) is 0 Å². The average molecular weight is 285 g/mol. The standard InChI is InChI=1S/C18H27N3/c1-5-9-19-18(16-8-7-14(3)15(4)11-16)17-12-20-21(13-17)10-6-2/h7-8,11-13,18-19H,5-6,9-10H2,1-4H3. The van der Waals surface area contributed by atoms with Crippen LogP contribution in [-0.2, 0) is 6.54 Å². The number of aromatic nitrogens is 2. The molecule has 1 aromatic carbocycles. The van der Waals surface area contributed by atoms with E-state index < -0.39 is 0 Å². The van der Waals surface area contributed by atoms with Crippen LogP contribution in [0.2, 0.25) is 0 Å². The molecule has 0 fully saturated rings. The second kappa shape index (κ2) is 7.41. The topological polar surface area (TPSA) is 29.9 Å². The number of hydrogen-bond donors (Lipinski definition) is 1. The van der Waals surface area contributed by atoms with E-state index in [-0.39, 0.29) is 6.04 Å². The molecule has 1 heterocycles. The molecule has 1 atom stereocenters. The van der Waals surface area contributed by atoms with Crippen LogP contribution in [0.15, 0.2) is 30.6 Å². The van der Waals surface area contributed by atoms with E-state index in [1.54, 1.807) is 0 Å². The Kier molecular flexibility index (Phi) is 5.57. The Morgan fingerprint density at radius 1 is 1.10 bits per heavy atom. The molecule has 1 aromatic heterocycles. The van der Waals surface area contributed by atoms with Gasteiger partial charge in [-0.05, 0) is 49.9 Å². The van der Waals surface area contributed by atoms with E-state index in [1.807, 2.05) is 10.9 Å². The lowest BCUT2D eigenvalue weighted by Crippen LogP contribution is -2.23. The number of hydrogen-bond acceptors (Lipinski definition) is 2. The van der Waals surface area contributed by atoms with E-state index in [1.165, 1.54) is 22.3 Å². The summed E-state index contributed by atoms with van der Waals surface area (Å²) in [4.78, 5) is 0. The Morgan fingerprint density at radius 3 is 2.57 bits per heavy atom. The average Bonchev–Trinajstić information content (AvgIpc) is 2.92. The predicted octanol–water partition coefficient (Wildman–Crippen LogP) is 4.00. The maximum atomic E-state index is 4.48. The van der Waals surface area contributed by atoms with Gasteiger partial charge in [-0.15, -0.1) is 0 Å². The highest BCUT2D eigenvalue weighted by atomic mass is 15.3. The highest BCUT2D eigenvalue weighted by Gasteiger charge is 2.15. The Morgan fingerprint density at radius 2 is 1.90 bits per heavy atom. The molecule has 0 amide bonds. The van der Waals surface area contributed by atoms with Gasteiger partial charge >= 0.3 is 0 Å². The maximum Gasteiger partial charge on any atom is 0.0608 e. The number of benzene rings is 1. The van der Waals surface area contributed by atoms with E-state index in [0.717, 1.165) is 25.9 Å². The summed E-state index contributed by atoms with van der Waals surface area (Å²) in [5.41, 5.74) is 5.26. The molecule has 21 heavy (non-hydrogen) atoms. The van der Waals surface area contributed by atoms with Crippen molar-refractivity contribution in [2.45, 2.75) is 53.1 Å². The molecule has 0 radical (unpaired) electrons. The van der Waals surface area contributed by atoms with Gasteiger partial charge in [-0.3, -0.25) is 4.68 Å². The second-order valence-corrected chi connectivity index (χ2v) is 5.77. The molecule has 3 heteroatoms. The number of nitrogens with zero attached hydrogens (tertiary/aromatic N) is 2. The van der Waals surface area contributed by atoms with Gasteiger partial charge < -0.3 is 5.32 Å². The van der Waals surface area contributed by atoms with E-state index in [9.17, 15) is 0 Å². The molecule has 0 saturated carbocycles. The summed E-state index contributed by atoms with van der Waals surface area (Å²) in [6.45, 7) is 10.7. The highest BCUT2D eigenvalue weighted by Crippen LogP contribution is 2.24. The van der Waals surface area contributed by atoms with Gasteiger partial charge in [0.25, 0.3) is 0 Å². The number of nitrogens with one attached hydrogen (secondary N) is 1. The lowest BCUT2D eigenvalue weighted by atomic mass is 9.97. The van der Waals surface area contributed by atoms with Gasteiger partial charge in [-0.2, -0.15) is 5.10 Å². The van der Waals surface area contributed by atoms with Gasteiger partial charge in [0.15, 0.2) is 0 Å². The molecule has 1 unspecified atom stereocenters. The van der Waals surface area contributed by atoms with Crippen molar-refractivity contribution in [3.8, 4) is 0 Å². The minimum absolute atomic E-state index is 0.231. The van der Waals surface area contributed by atoms with E-state index in [0.29, 0.717) is 0 Å². The van der Waals surface area contributed by atoms with Crippen LogP contribution in [0.4, 0.5) is 0 Å². The summed E-state index contributed by atoms with van der Waals surface area (Å²) in [7, 11) is 0. The summed E-state index contributed by atoms with van der Waals surface area (Å²) >= 11 is 0. The molecule has 0 aliphatic rings. The minimum atomic E-state index is 0.231. The van der Waals surface area contributed by atoms with Crippen molar-refractivity contribution >= 4 is 0 Å². The lowest BCUT2D eigenvalue weighted by Gasteiger charge is -2.19. The first-order valence-electron chi connectivity index (χ1n) is 7.98. The van der Waals surface area contributed by atoms with Gasteiger partial charge in [0.05, 0.1) is 12.2 Å². The molecule has 0 aliphatic heterocycles. The third-order valence-electron chi connectivity index (χ3n) is 3.90. The highest BCUT2D eigenvalue weighted by molar-refractivity contribution is 5.36. The fraction of sp³-hybridized carbons (Fsp3) is 0.500. The monoisotopic (exact) mass is 285 g/mol. The van der Waals surface area contributed by atoms with Crippen molar-refractivity contribution in [2.75, 3.05) is 6.54 Å². The Labute approximate surface area is 128 Å². The molecule has 114 valence electrons. The van der Waals surface area contributed by atoms with Crippen LogP contribution in [0.3, 0.4) is 0 Å². The van der Waals surface area contributed by atoms with Crippen molar-refractivity contribution in [3.63, 3.8) is 0 Å². The van der Waals surface area contributed by atoms with Gasteiger partial charge in [-0.1, -0.05) is 32.0 Å². The van der Waals surface area contributed by atoms with Gasteiger partial charge in [0.2, 0.25) is 0 Å². The van der Waals surface area contributed by atoms with Crippen LogP contribution in [-0.4, -0.2) is 16.3 Å².